The van der Waals surface area contributed by atoms with Crippen LogP contribution in [0.15, 0.2) is 22.7 Å². The van der Waals surface area contributed by atoms with Gasteiger partial charge in [0, 0.05) is 0 Å². The van der Waals surface area contributed by atoms with Gasteiger partial charge in [-0.05, 0) is 46.0 Å². The second-order valence-corrected chi connectivity index (χ2v) is 5.49. The molecule has 2 atom stereocenters. The fraction of sp³-hybridized carbons (Fsp3) is 0.538. The SMILES string of the molecule is CCC(C)CC(Cl)c1ccc(OC)c(Br)c1. The molecule has 0 spiro atoms. The van der Waals surface area contributed by atoms with Crippen LogP contribution in [-0.2, 0) is 0 Å². The van der Waals surface area contributed by atoms with Crippen LogP contribution in [0.2, 0.25) is 0 Å². The van der Waals surface area contributed by atoms with Crippen molar-refractivity contribution in [2.75, 3.05) is 7.11 Å². The van der Waals surface area contributed by atoms with Crippen LogP contribution >= 0.6 is 27.5 Å². The molecule has 3 heteroatoms. The normalized spacial score (nSPS) is 14.6. The molecule has 0 saturated carbocycles. The van der Waals surface area contributed by atoms with Gasteiger partial charge in [-0.1, -0.05) is 26.3 Å². The van der Waals surface area contributed by atoms with E-state index in [0.29, 0.717) is 5.92 Å². The van der Waals surface area contributed by atoms with E-state index in [4.69, 9.17) is 16.3 Å². The summed E-state index contributed by atoms with van der Waals surface area (Å²) >= 11 is 9.86. The van der Waals surface area contributed by atoms with Gasteiger partial charge >= 0.3 is 0 Å². The highest BCUT2D eigenvalue weighted by atomic mass is 79.9. The number of benzene rings is 1. The van der Waals surface area contributed by atoms with Crippen molar-refractivity contribution in [3.63, 3.8) is 0 Å². The van der Waals surface area contributed by atoms with Crippen LogP contribution < -0.4 is 4.74 Å². The highest BCUT2D eigenvalue weighted by Gasteiger charge is 2.13. The highest BCUT2D eigenvalue weighted by Crippen LogP contribution is 2.33. The Morgan fingerprint density at radius 1 is 1.44 bits per heavy atom. The van der Waals surface area contributed by atoms with E-state index in [0.717, 1.165) is 22.2 Å². The molecule has 0 aliphatic rings. The number of hydrogen-bond donors (Lipinski definition) is 0. The predicted octanol–water partition coefficient (Wildman–Crippen LogP) is 5.17. The second kappa shape index (κ2) is 6.51. The quantitative estimate of drug-likeness (QED) is 0.682. The highest BCUT2D eigenvalue weighted by molar-refractivity contribution is 9.10. The summed E-state index contributed by atoms with van der Waals surface area (Å²) in [4.78, 5) is 0. The zero-order valence-corrected chi connectivity index (χ0v) is 12.3. The monoisotopic (exact) mass is 304 g/mol. The third-order valence-corrected chi connectivity index (χ3v) is 3.89. The van der Waals surface area contributed by atoms with Crippen molar-refractivity contribution in [3.8, 4) is 5.75 Å². The molecule has 0 amide bonds. The van der Waals surface area contributed by atoms with Gasteiger partial charge in [-0.3, -0.25) is 0 Å². The number of halogens is 2. The molecular weight excluding hydrogens is 287 g/mol. The molecule has 0 saturated heterocycles. The molecule has 2 unspecified atom stereocenters. The first kappa shape index (κ1) is 13.9. The summed E-state index contributed by atoms with van der Waals surface area (Å²) in [6, 6.07) is 6.02. The molecule has 0 fully saturated rings. The molecule has 1 rings (SSSR count). The lowest BCUT2D eigenvalue weighted by molar-refractivity contribution is 0.412. The third kappa shape index (κ3) is 3.67. The Morgan fingerprint density at radius 3 is 2.62 bits per heavy atom. The van der Waals surface area contributed by atoms with Crippen LogP contribution in [0.1, 0.15) is 37.6 Å². The van der Waals surface area contributed by atoms with Crippen LogP contribution in [0.5, 0.6) is 5.75 Å². The van der Waals surface area contributed by atoms with Gasteiger partial charge < -0.3 is 4.74 Å². The molecule has 0 aliphatic heterocycles. The number of ether oxygens (including phenoxy) is 1. The maximum absolute atomic E-state index is 6.39. The van der Waals surface area contributed by atoms with Crippen LogP contribution in [0, 0.1) is 5.92 Å². The molecule has 0 heterocycles. The summed E-state index contributed by atoms with van der Waals surface area (Å²) in [5.41, 5.74) is 1.15. The summed E-state index contributed by atoms with van der Waals surface area (Å²) in [6.45, 7) is 4.42. The van der Waals surface area contributed by atoms with Gasteiger partial charge in [-0.2, -0.15) is 0 Å². The van der Waals surface area contributed by atoms with E-state index in [9.17, 15) is 0 Å². The van der Waals surface area contributed by atoms with Crippen LogP contribution in [0.3, 0.4) is 0 Å². The Kier molecular flexibility index (Phi) is 5.63. The van der Waals surface area contributed by atoms with Crippen molar-refractivity contribution in [1.82, 2.24) is 0 Å². The van der Waals surface area contributed by atoms with Crippen molar-refractivity contribution in [2.24, 2.45) is 5.92 Å². The average Bonchev–Trinajstić information content (AvgIpc) is 2.28. The van der Waals surface area contributed by atoms with Gasteiger partial charge in [0.25, 0.3) is 0 Å². The first-order valence-corrected chi connectivity index (χ1v) is 6.78. The van der Waals surface area contributed by atoms with E-state index < -0.39 is 0 Å². The first-order valence-electron chi connectivity index (χ1n) is 5.56. The summed E-state index contributed by atoms with van der Waals surface area (Å²) in [7, 11) is 1.66. The van der Waals surface area contributed by atoms with E-state index in [-0.39, 0.29) is 5.38 Å². The van der Waals surface area contributed by atoms with E-state index in [1.165, 1.54) is 6.42 Å². The smallest absolute Gasteiger partial charge is 0.133 e. The number of rotatable bonds is 5. The van der Waals surface area contributed by atoms with Gasteiger partial charge in [0.2, 0.25) is 0 Å². The largest absolute Gasteiger partial charge is 0.496 e. The van der Waals surface area contributed by atoms with Gasteiger partial charge in [-0.25, -0.2) is 0 Å². The molecule has 0 aromatic heterocycles. The molecule has 0 aliphatic carbocycles. The Morgan fingerprint density at radius 2 is 2.12 bits per heavy atom. The van der Waals surface area contributed by atoms with Gasteiger partial charge in [0.1, 0.15) is 5.75 Å². The summed E-state index contributed by atoms with van der Waals surface area (Å²) in [5.74, 6) is 1.50. The molecule has 0 N–H and O–H groups in total. The second-order valence-electron chi connectivity index (χ2n) is 4.11. The van der Waals surface area contributed by atoms with Crippen LogP contribution in [0.25, 0.3) is 0 Å². The van der Waals surface area contributed by atoms with Crippen LogP contribution in [-0.4, -0.2) is 7.11 Å². The molecule has 16 heavy (non-hydrogen) atoms. The minimum Gasteiger partial charge on any atom is -0.496 e. The molecule has 0 radical (unpaired) electrons. The van der Waals surface area contributed by atoms with Crippen molar-refractivity contribution in [1.29, 1.82) is 0 Å². The van der Waals surface area contributed by atoms with Crippen molar-refractivity contribution in [3.05, 3.63) is 28.2 Å². The molecule has 1 aromatic rings. The Balaban J connectivity index is 2.76. The molecule has 1 aromatic carbocycles. The van der Waals surface area contributed by atoms with Crippen LogP contribution in [0.4, 0.5) is 0 Å². The van der Waals surface area contributed by atoms with Gasteiger partial charge in [-0.15, -0.1) is 11.6 Å². The topological polar surface area (TPSA) is 9.23 Å². The minimum atomic E-state index is 0.0807. The Hall–Kier alpha value is -0.210. The van der Waals surface area contributed by atoms with Gasteiger partial charge in [0.05, 0.1) is 17.0 Å². The molecule has 90 valence electrons. The lowest BCUT2D eigenvalue weighted by atomic mass is 9.98. The standard InChI is InChI=1S/C13H18BrClO/c1-4-9(2)7-12(15)10-5-6-13(16-3)11(14)8-10/h5-6,8-9,12H,4,7H2,1-3H3. The fourth-order valence-corrected chi connectivity index (χ4v) is 2.53. The average molecular weight is 306 g/mol. The van der Waals surface area contributed by atoms with Gasteiger partial charge in [0.15, 0.2) is 0 Å². The lowest BCUT2D eigenvalue weighted by Crippen LogP contribution is -1.99. The number of alkyl halides is 1. The van der Waals surface area contributed by atoms with E-state index >= 15 is 0 Å². The molecule has 0 bridgehead atoms. The van der Waals surface area contributed by atoms with Crippen molar-refractivity contribution >= 4 is 27.5 Å². The first-order chi connectivity index (χ1) is 7.58. The number of hydrogen-bond acceptors (Lipinski definition) is 1. The van der Waals surface area contributed by atoms with E-state index in [1.807, 2.05) is 18.2 Å². The number of methoxy groups -OCH3 is 1. The minimum absolute atomic E-state index is 0.0807. The fourth-order valence-electron chi connectivity index (χ4n) is 1.53. The maximum Gasteiger partial charge on any atom is 0.133 e. The third-order valence-electron chi connectivity index (χ3n) is 2.84. The van der Waals surface area contributed by atoms with E-state index in [2.05, 4.69) is 29.8 Å². The van der Waals surface area contributed by atoms with Crippen molar-refractivity contribution < 1.29 is 4.74 Å². The summed E-state index contributed by atoms with van der Waals surface area (Å²) in [5, 5.41) is 0.0807. The maximum atomic E-state index is 6.39. The summed E-state index contributed by atoms with van der Waals surface area (Å²) in [6.07, 6.45) is 2.18. The lowest BCUT2D eigenvalue weighted by Gasteiger charge is -2.15. The van der Waals surface area contributed by atoms with E-state index in [1.54, 1.807) is 7.11 Å². The molecular formula is C13H18BrClO. The zero-order chi connectivity index (χ0) is 12.1. The Bertz CT molecular complexity index is 341. The molecule has 1 nitrogen and oxygen atoms in total. The predicted molar refractivity (Wildman–Crippen MR) is 73.4 cm³/mol. The summed E-state index contributed by atoms with van der Waals surface area (Å²) < 4.78 is 6.15. The Labute approximate surface area is 111 Å². The van der Waals surface area contributed by atoms with Crippen molar-refractivity contribution in [2.45, 2.75) is 32.1 Å². The zero-order valence-electron chi connectivity index (χ0n) is 9.97.